The maximum absolute atomic E-state index is 11.9. The van der Waals surface area contributed by atoms with Gasteiger partial charge in [0.2, 0.25) is 0 Å². The molecular formula is C16H25NO3. The molecule has 1 aromatic rings. The molecule has 0 bridgehead atoms. The molecule has 4 nitrogen and oxygen atoms in total. The third kappa shape index (κ3) is 5.21. The molecule has 1 N–H and O–H groups in total. The lowest BCUT2D eigenvalue weighted by molar-refractivity contribution is -0.143. The number of hydrogen-bond donors (Lipinski definition) is 1. The van der Waals surface area contributed by atoms with E-state index >= 15 is 0 Å². The Morgan fingerprint density at radius 2 is 1.85 bits per heavy atom. The molecule has 0 spiro atoms. The molecule has 0 saturated carbocycles. The van der Waals surface area contributed by atoms with Crippen LogP contribution in [0.1, 0.15) is 44.2 Å². The van der Waals surface area contributed by atoms with Crippen molar-refractivity contribution < 1.29 is 14.3 Å². The highest BCUT2D eigenvalue weighted by molar-refractivity contribution is 5.77. The molecule has 0 aromatic heterocycles. The first-order chi connectivity index (χ1) is 9.72. The number of carbonyl (C=O) groups is 1. The van der Waals surface area contributed by atoms with E-state index in [1.54, 1.807) is 7.11 Å². The van der Waals surface area contributed by atoms with Gasteiger partial charge in [0.15, 0.2) is 0 Å². The molecule has 0 saturated heterocycles. The van der Waals surface area contributed by atoms with E-state index in [0.717, 1.165) is 24.3 Å². The monoisotopic (exact) mass is 279 g/mol. The fourth-order valence-electron chi connectivity index (χ4n) is 2.05. The maximum atomic E-state index is 11.9. The van der Waals surface area contributed by atoms with Crippen molar-refractivity contribution in [2.24, 2.45) is 0 Å². The van der Waals surface area contributed by atoms with E-state index in [0.29, 0.717) is 0 Å². The summed E-state index contributed by atoms with van der Waals surface area (Å²) < 4.78 is 9.99. The molecule has 0 radical (unpaired) electrons. The molecule has 0 aliphatic heterocycles. The second kappa shape index (κ2) is 9.37. The molecule has 0 heterocycles. The second-order valence-electron chi connectivity index (χ2n) is 4.74. The predicted octanol–water partition coefficient (Wildman–Crippen LogP) is 3.08. The molecule has 112 valence electrons. The van der Waals surface area contributed by atoms with Gasteiger partial charge in [-0.3, -0.25) is 0 Å². The van der Waals surface area contributed by atoms with E-state index < -0.39 is 6.04 Å². The Balaban J connectivity index is 2.61. The average molecular weight is 279 g/mol. The minimum atomic E-state index is -0.410. The van der Waals surface area contributed by atoms with Crippen LogP contribution in [0.4, 0.5) is 0 Å². The number of benzene rings is 1. The van der Waals surface area contributed by atoms with Gasteiger partial charge in [0, 0.05) is 0 Å². The Labute approximate surface area is 121 Å². The Morgan fingerprint density at radius 3 is 2.40 bits per heavy atom. The minimum absolute atomic E-state index is 0.259. The summed E-state index contributed by atoms with van der Waals surface area (Å²) in [6, 6.07) is 7.07. The molecule has 1 aromatic carbocycles. The number of esters is 1. The van der Waals surface area contributed by atoms with Crippen LogP contribution in [0.2, 0.25) is 0 Å². The van der Waals surface area contributed by atoms with Crippen LogP contribution in [-0.4, -0.2) is 26.7 Å². The number of unbranched alkanes of at least 4 members (excludes halogenated alkanes) is 3. The van der Waals surface area contributed by atoms with E-state index in [2.05, 4.69) is 12.2 Å². The van der Waals surface area contributed by atoms with Crippen LogP contribution in [0, 0.1) is 0 Å². The molecule has 1 rings (SSSR count). The normalized spacial score (nSPS) is 11.9. The Morgan fingerprint density at radius 1 is 1.15 bits per heavy atom. The lowest BCUT2D eigenvalue weighted by Crippen LogP contribution is -2.30. The lowest BCUT2D eigenvalue weighted by Gasteiger charge is -2.17. The Hall–Kier alpha value is -1.55. The highest BCUT2D eigenvalue weighted by Crippen LogP contribution is 2.19. The first-order valence-electron chi connectivity index (χ1n) is 7.18. The van der Waals surface area contributed by atoms with E-state index in [-0.39, 0.29) is 5.97 Å². The van der Waals surface area contributed by atoms with Gasteiger partial charge >= 0.3 is 5.97 Å². The van der Waals surface area contributed by atoms with Crippen LogP contribution in [0.15, 0.2) is 24.3 Å². The quantitative estimate of drug-likeness (QED) is 0.557. The smallest absolute Gasteiger partial charge is 0.327 e. The molecule has 20 heavy (non-hydrogen) atoms. The second-order valence-corrected chi connectivity index (χ2v) is 4.74. The SMILES string of the molecule is CCCCCCNC(C(=O)OC)c1ccc(OC)cc1. The summed E-state index contributed by atoms with van der Waals surface area (Å²) in [5.74, 6) is 0.519. The van der Waals surface area contributed by atoms with E-state index in [1.165, 1.54) is 26.4 Å². The van der Waals surface area contributed by atoms with Crippen molar-refractivity contribution in [3.63, 3.8) is 0 Å². The Bertz CT molecular complexity index is 389. The first-order valence-corrected chi connectivity index (χ1v) is 7.18. The number of methoxy groups -OCH3 is 2. The van der Waals surface area contributed by atoms with Crippen molar-refractivity contribution in [1.29, 1.82) is 0 Å². The lowest BCUT2D eigenvalue weighted by atomic mass is 10.1. The molecular weight excluding hydrogens is 254 g/mol. The average Bonchev–Trinajstić information content (AvgIpc) is 2.50. The number of nitrogens with one attached hydrogen (secondary N) is 1. The van der Waals surface area contributed by atoms with Crippen molar-refractivity contribution in [1.82, 2.24) is 5.32 Å². The summed E-state index contributed by atoms with van der Waals surface area (Å²) in [5, 5.41) is 3.27. The summed E-state index contributed by atoms with van der Waals surface area (Å²) >= 11 is 0. The van der Waals surface area contributed by atoms with Crippen molar-refractivity contribution in [2.45, 2.75) is 38.6 Å². The number of hydrogen-bond acceptors (Lipinski definition) is 4. The molecule has 0 amide bonds. The third-order valence-electron chi connectivity index (χ3n) is 3.26. The van der Waals surface area contributed by atoms with Gasteiger partial charge < -0.3 is 14.8 Å². The largest absolute Gasteiger partial charge is 0.497 e. The van der Waals surface area contributed by atoms with Crippen molar-refractivity contribution in [2.75, 3.05) is 20.8 Å². The standard InChI is InChI=1S/C16H25NO3/c1-4-5-6-7-12-17-15(16(18)20-3)13-8-10-14(19-2)11-9-13/h8-11,15,17H,4-7,12H2,1-3H3. The molecule has 1 unspecified atom stereocenters. The number of rotatable bonds is 9. The van der Waals surface area contributed by atoms with Crippen molar-refractivity contribution >= 4 is 5.97 Å². The summed E-state index contributed by atoms with van der Waals surface area (Å²) in [5.41, 5.74) is 0.896. The van der Waals surface area contributed by atoms with Gasteiger partial charge in [0.25, 0.3) is 0 Å². The number of ether oxygens (including phenoxy) is 2. The predicted molar refractivity (Wildman–Crippen MR) is 79.9 cm³/mol. The molecule has 0 aliphatic rings. The van der Waals surface area contributed by atoms with E-state index in [4.69, 9.17) is 9.47 Å². The topological polar surface area (TPSA) is 47.6 Å². The zero-order valence-corrected chi connectivity index (χ0v) is 12.6. The Kier molecular flexibility index (Phi) is 7.73. The fraction of sp³-hybridized carbons (Fsp3) is 0.562. The summed E-state index contributed by atoms with van der Waals surface area (Å²) in [4.78, 5) is 11.9. The van der Waals surface area contributed by atoms with Gasteiger partial charge in [-0.2, -0.15) is 0 Å². The summed E-state index contributed by atoms with van der Waals surface area (Å²) in [7, 11) is 3.04. The van der Waals surface area contributed by atoms with Crippen molar-refractivity contribution in [3.8, 4) is 5.75 Å². The van der Waals surface area contributed by atoms with Gasteiger partial charge in [0.1, 0.15) is 11.8 Å². The van der Waals surface area contributed by atoms with Gasteiger partial charge in [-0.1, -0.05) is 38.3 Å². The van der Waals surface area contributed by atoms with Gasteiger partial charge in [-0.15, -0.1) is 0 Å². The van der Waals surface area contributed by atoms with Crippen LogP contribution in [-0.2, 0) is 9.53 Å². The van der Waals surface area contributed by atoms with E-state index in [9.17, 15) is 4.79 Å². The highest BCUT2D eigenvalue weighted by Gasteiger charge is 2.20. The molecule has 1 atom stereocenters. The first kappa shape index (κ1) is 16.5. The van der Waals surface area contributed by atoms with Gasteiger partial charge in [-0.25, -0.2) is 4.79 Å². The molecule has 0 aliphatic carbocycles. The summed E-state index contributed by atoms with van der Waals surface area (Å²) in [6.07, 6.45) is 4.68. The fourth-order valence-corrected chi connectivity index (χ4v) is 2.05. The summed E-state index contributed by atoms with van der Waals surface area (Å²) in [6.45, 7) is 2.99. The maximum Gasteiger partial charge on any atom is 0.327 e. The van der Waals surface area contributed by atoms with Crippen LogP contribution < -0.4 is 10.1 Å². The molecule has 4 heteroatoms. The van der Waals surface area contributed by atoms with Gasteiger partial charge in [0.05, 0.1) is 14.2 Å². The zero-order valence-electron chi connectivity index (χ0n) is 12.6. The van der Waals surface area contributed by atoms with Crippen LogP contribution in [0.3, 0.4) is 0 Å². The van der Waals surface area contributed by atoms with Gasteiger partial charge in [-0.05, 0) is 30.7 Å². The van der Waals surface area contributed by atoms with E-state index in [1.807, 2.05) is 24.3 Å². The minimum Gasteiger partial charge on any atom is -0.497 e. The number of carbonyl (C=O) groups excluding carboxylic acids is 1. The van der Waals surface area contributed by atoms with Crippen LogP contribution in [0.25, 0.3) is 0 Å². The third-order valence-corrected chi connectivity index (χ3v) is 3.26. The van der Waals surface area contributed by atoms with Crippen LogP contribution >= 0.6 is 0 Å². The molecule has 0 fully saturated rings. The zero-order chi connectivity index (χ0) is 14.8. The van der Waals surface area contributed by atoms with Crippen molar-refractivity contribution in [3.05, 3.63) is 29.8 Å². The highest BCUT2D eigenvalue weighted by atomic mass is 16.5. The van der Waals surface area contributed by atoms with Crippen LogP contribution in [0.5, 0.6) is 5.75 Å².